The monoisotopic (exact) mass is 371 g/mol. The number of nitrogens with zero attached hydrogens (tertiary/aromatic N) is 1. The first-order valence-electron chi connectivity index (χ1n) is 7.43. The zero-order valence-corrected chi connectivity index (χ0v) is 14.3. The molecule has 0 saturated heterocycles. The van der Waals surface area contributed by atoms with Crippen LogP contribution in [0.25, 0.3) is 6.08 Å². The summed E-state index contributed by atoms with van der Waals surface area (Å²) in [4.78, 5) is 21.5. The van der Waals surface area contributed by atoms with Crippen molar-refractivity contribution in [2.24, 2.45) is 0 Å². The van der Waals surface area contributed by atoms with E-state index in [1.807, 2.05) is 0 Å². The first-order chi connectivity index (χ1) is 12.5. The van der Waals surface area contributed by atoms with Gasteiger partial charge in [0.15, 0.2) is 6.61 Å². The molecule has 0 N–H and O–H groups in total. The Hall–Kier alpha value is -3.30. The molecule has 0 heterocycles. The summed E-state index contributed by atoms with van der Waals surface area (Å²) < 4.78 is 10.3. The summed E-state index contributed by atoms with van der Waals surface area (Å²) in [6.45, 7) is 0.130. The molecular weight excluding hydrogens is 358 g/mol. The number of rotatable bonds is 7. The number of benzene rings is 2. The first-order valence-corrected chi connectivity index (χ1v) is 7.81. The van der Waals surface area contributed by atoms with Crippen LogP contribution >= 0.6 is 11.6 Å². The van der Waals surface area contributed by atoms with Gasteiger partial charge in [-0.15, -0.1) is 6.42 Å². The van der Waals surface area contributed by atoms with E-state index in [1.165, 1.54) is 18.2 Å². The van der Waals surface area contributed by atoms with Crippen LogP contribution < -0.4 is 4.74 Å². The lowest BCUT2D eigenvalue weighted by molar-refractivity contribution is -0.384. The Morgan fingerprint density at radius 3 is 2.62 bits per heavy atom. The fourth-order valence-electron chi connectivity index (χ4n) is 1.94. The zero-order valence-electron chi connectivity index (χ0n) is 13.6. The highest BCUT2D eigenvalue weighted by atomic mass is 35.5. The van der Waals surface area contributed by atoms with Crippen LogP contribution in [0.4, 0.5) is 5.69 Å². The summed E-state index contributed by atoms with van der Waals surface area (Å²) in [5, 5.41) is 11.0. The van der Waals surface area contributed by atoms with Crippen molar-refractivity contribution in [1.82, 2.24) is 0 Å². The third-order valence-corrected chi connectivity index (χ3v) is 3.50. The second-order valence-electron chi connectivity index (χ2n) is 5.05. The Morgan fingerprint density at radius 2 is 2.00 bits per heavy atom. The van der Waals surface area contributed by atoms with Crippen molar-refractivity contribution in [3.05, 3.63) is 74.8 Å². The zero-order chi connectivity index (χ0) is 18.9. The van der Waals surface area contributed by atoms with Gasteiger partial charge in [-0.1, -0.05) is 23.6 Å². The molecule has 132 valence electrons. The minimum Gasteiger partial charge on any atom is -0.487 e. The number of carbonyl (C=O) groups excluding carboxylic acids is 1. The summed E-state index contributed by atoms with van der Waals surface area (Å²) in [7, 11) is 0. The van der Waals surface area contributed by atoms with E-state index in [-0.39, 0.29) is 18.9 Å². The van der Waals surface area contributed by atoms with E-state index < -0.39 is 10.9 Å². The van der Waals surface area contributed by atoms with Gasteiger partial charge in [0, 0.05) is 18.2 Å². The molecule has 0 aliphatic rings. The van der Waals surface area contributed by atoms with Crippen LogP contribution in [0.3, 0.4) is 0 Å². The van der Waals surface area contributed by atoms with E-state index in [9.17, 15) is 14.9 Å². The van der Waals surface area contributed by atoms with Gasteiger partial charge >= 0.3 is 5.97 Å². The fraction of sp³-hybridized carbons (Fsp3) is 0.105. The molecule has 0 spiro atoms. The van der Waals surface area contributed by atoms with Gasteiger partial charge in [0.2, 0.25) is 0 Å². The Labute approximate surface area is 155 Å². The molecule has 0 aliphatic heterocycles. The normalized spacial score (nSPS) is 10.3. The Kier molecular flexibility index (Phi) is 6.77. The van der Waals surface area contributed by atoms with Crippen LogP contribution in [0.15, 0.2) is 48.5 Å². The molecule has 2 aromatic rings. The maximum Gasteiger partial charge on any atom is 0.331 e. The molecule has 2 aromatic carbocycles. The number of nitro groups is 1. The lowest BCUT2D eigenvalue weighted by atomic mass is 10.2. The molecule has 0 amide bonds. The number of hydrogen-bond donors (Lipinski definition) is 0. The summed E-state index contributed by atoms with van der Waals surface area (Å²) >= 11 is 6.17. The van der Waals surface area contributed by atoms with Crippen molar-refractivity contribution < 1.29 is 19.2 Å². The second kappa shape index (κ2) is 9.25. The number of hydrogen-bond acceptors (Lipinski definition) is 5. The molecule has 2 rings (SSSR count). The van der Waals surface area contributed by atoms with Crippen molar-refractivity contribution in [2.75, 3.05) is 6.61 Å². The Bertz CT molecular complexity index is 868. The van der Waals surface area contributed by atoms with Gasteiger partial charge in [0.25, 0.3) is 5.69 Å². The largest absolute Gasteiger partial charge is 0.487 e. The lowest BCUT2D eigenvalue weighted by Crippen LogP contribution is -2.00. The lowest BCUT2D eigenvalue weighted by Gasteiger charge is -2.08. The fourth-order valence-corrected chi connectivity index (χ4v) is 2.18. The van der Waals surface area contributed by atoms with E-state index in [4.69, 9.17) is 27.5 Å². The predicted octanol–water partition coefficient (Wildman–Crippen LogP) is 4.02. The standard InChI is InChI=1S/C19H14ClNO5/c1-2-11-25-19(22)10-6-14-5-9-18(17(20)12-14)26-13-15-3-7-16(8-4-15)21(23)24/h1,3-10,12H,11,13H2/b10-6+. The highest BCUT2D eigenvalue weighted by Crippen LogP contribution is 2.27. The van der Waals surface area contributed by atoms with Gasteiger partial charge in [0.05, 0.1) is 9.95 Å². The van der Waals surface area contributed by atoms with E-state index in [2.05, 4.69) is 5.92 Å². The predicted molar refractivity (Wildman–Crippen MR) is 97.7 cm³/mol. The molecule has 0 atom stereocenters. The van der Waals surface area contributed by atoms with E-state index in [0.29, 0.717) is 16.3 Å². The van der Waals surface area contributed by atoms with Gasteiger partial charge in [-0.3, -0.25) is 10.1 Å². The molecule has 0 bridgehead atoms. The molecule has 0 fully saturated rings. The van der Waals surface area contributed by atoms with Gasteiger partial charge < -0.3 is 9.47 Å². The third kappa shape index (κ3) is 5.65. The highest BCUT2D eigenvalue weighted by molar-refractivity contribution is 6.32. The number of non-ortho nitro benzene ring substituents is 1. The van der Waals surface area contributed by atoms with Crippen LogP contribution in [-0.2, 0) is 16.1 Å². The minimum absolute atomic E-state index is 0.0173. The summed E-state index contributed by atoms with van der Waals surface area (Å²) in [6.07, 6.45) is 7.80. The Morgan fingerprint density at radius 1 is 1.27 bits per heavy atom. The number of esters is 1. The van der Waals surface area contributed by atoms with E-state index in [0.717, 1.165) is 5.56 Å². The van der Waals surface area contributed by atoms with Crippen LogP contribution in [0, 0.1) is 22.5 Å². The van der Waals surface area contributed by atoms with Crippen molar-refractivity contribution in [1.29, 1.82) is 0 Å². The molecule has 0 aliphatic carbocycles. The maximum absolute atomic E-state index is 11.3. The number of nitro benzene ring substituents is 1. The number of halogens is 1. The maximum atomic E-state index is 11.3. The van der Waals surface area contributed by atoms with Gasteiger partial charge in [-0.05, 0) is 41.5 Å². The smallest absolute Gasteiger partial charge is 0.331 e. The molecule has 7 heteroatoms. The van der Waals surface area contributed by atoms with Crippen LogP contribution in [0.2, 0.25) is 5.02 Å². The van der Waals surface area contributed by atoms with Gasteiger partial charge in [-0.2, -0.15) is 0 Å². The van der Waals surface area contributed by atoms with E-state index >= 15 is 0 Å². The topological polar surface area (TPSA) is 78.7 Å². The number of carbonyl (C=O) groups is 1. The molecular formula is C19H14ClNO5. The van der Waals surface area contributed by atoms with Gasteiger partial charge in [0.1, 0.15) is 12.4 Å². The molecule has 0 radical (unpaired) electrons. The van der Waals surface area contributed by atoms with Crippen LogP contribution in [-0.4, -0.2) is 17.5 Å². The summed E-state index contributed by atoms with van der Waals surface area (Å²) in [5.41, 5.74) is 1.48. The van der Waals surface area contributed by atoms with Crippen LogP contribution in [0.5, 0.6) is 5.75 Å². The van der Waals surface area contributed by atoms with Gasteiger partial charge in [-0.25, -0.2) is 4.79 Å². The SMILES string of the molecule is C#CCOC(=O)/C=C/c1ccc(OCc2ccc([N+](=O)[O-])cc2)c(Cl)c1. The van der Waals surface area contributed by atoms with Crippen molar-refractivity contribution in [3.63, 3.8) is 0 Å². The minimum atomic E-state index is -0.544. The average molecular weight is 372 g/mol. The second-order valence-corrected chi connectivity index (χ2v) is 5.45. The summed E-state index contributed by atoms with van der Waals surface area (Å²) in [5.74, 6) is 2.11. The number of terminal acetylenes is 1. The van der Waals surface area contributed by atoms with Crippen molar-refractivity contribution >= 4 is 29.3 Å². The van der Waals surface area contributed by atoms with E-state index in [1.54, 1.807) is 36.4 Å². The highest BCUT2D eigenvalue weighted by Gasteiger charge is 2.06. The molecule has 0 aromatic heterocycles. The van der Waals surface area contributed by atoms with Crippen molar-refractivity contribution in [2.45, 2.75) is 6.61 Å². The molecule has 0 unspecified atom stereocenters. The van der Waals surface area contributed by atoms with Crippen LogP contribution in [0.1, 0.15) is 11.1 Å². The Balaban J connectivity index is 1.96. The summed E-state index contributed by atoms with van der Waals surface area (Å²) in [6, 6.07) is 11.1. The third-order valence-electron chi connectivity index (χ3n) is 3.21. The molecule has 0 saturated carbocycles. The quantitative estimate of drug-likeness (QED) is 0.241. The molecule has 26 heavy (non-hydrogen) atoms. The molecule has 6 nitrogen and oxygen atoms in total. The van der Waals surface area contributed by atoms with Crippen molar-refractivity contribution in [3.8, 4) is 18.1 Å². The average Bonchev–Trinajstić information content (AvgIpc) is 2.64. The number of ether oxygens (including phenoxy) is 2. The first kappa shape index (κ1) is 19.0.